The van der Waals surface area contributed by atoms with Gasteiger partial charge in [-0.2, -0.15) is 0 Å². The molecule has 0 radical (unpaired) electrons. The van der Waals surface area contributed by atoms with Gasteiger partial charge in [0.2, 0.25) is 11.8 Å². The molecule has 1 unspecified atom stereocenters. The van der Waals surface area contributed by atoms with E-state index in [0.717, 1.165) is 0 Å². The first-order chi connectivity index (χ1) is 4.72. The Morgan fingerprint density at radius 2 is 2.18 bits per heavy atom. The molecule has 0 aromatic carbocycles. The van der Waals surface area contributed by atoms with E-state index in [1.54, 1.807) is 0 Å². The smallest absolute Gasteiger partial charge is 0.246 e. The summed E-state index contributed by atoms with van der Waals surface area (Å²) < 4.78 is 0. The van der Waals surface area contributed by atoms with Crippen LogP contribution in [0.4, 0.5) is 0 Å². The van der Waals surface area contributed by atoms with Gasteiger partial charge in [-0.15, -0.1) is 12.4 Å². The fourth-order valence-corrected chi connectivity index (χ4v) is 0.827. The molecule has 1 saturated heterocycles. The lowest BCUT2D eigenvalue weighted by atomic mass is 10.2. The highest BCUT2D eigenvalue weighted by Gasteiger charge is 2.25. The highest BCUT2D eigenvalue weighted by Crippen LogP contribution is 1.86. The number of amides is 2. The number of carbonyl (C=O) groups is 2. The number of nitrogens with one attached hydrogen (secondary N) is 2. The van der Waals surface area contributed by atoms with Gasteiger partial charge in [-0.25, -0.2) is 0 Å². The number of carbonyl (C=O) groups excluding carboxylic acids is 2. The maximum Gasteiger partial charge on any atom is 0.246 e. The fourth-order valence-electron chi connectivity index (χ4n) is 0.827. The lowest BCUT2D eigenvalue weighted by molar-refractivity contribution is -0.131. The average molecular weight is 180 g/mol. The topological polar surface area (TPSA) is 84.2 Å². The standard InChI is InChI=1S/C5H9N3O2.ClH/c6-4(9)3-5(10)8-2-1-7-3;/h3,7H,1-2H2,(H2,6,9)(H,8,10);1H. The van der Waals surface area contributed by atoms with Crippen molar-refractivity contribution in [2.45, 2.75) is 6.04 Å². The normalized spacial score (nSPS) is 23.3. The second-order valence-corrected chi connectivity index (χ2v) is 2.08. The van der Waals surface area contributed by atoms with E-state index in [-0.39, 0.29) is 18.3 Å². The first-order valence-electron chi connectivity index (χ1n) is 3.02. The molecule has 0 saturated carbocycles. The zero-order valence-electron chi connectivity index (χ0n) is 5.79. The van der Waals surface area contributed by atoms with Gasteiger partial charge in [0.15, 0.2) is 6.04 Å². The lowest BCUT2D eigenvalue weighted by Crippen LogP contribution is -2.58. The molecule has 11 heavy (non-hydrogen) atoms. The van der Waals surface area contributed by atoms with E-state index < -0.39 is 11.9 Å². The Bertz CT molecular complexity index is 173. The summed E-state index contributed by atoms with van der Waals surface area (Å²) in [6.45, 7) is 1.15. The number of hydrogen-bond acceptors (Lipinski definition) is 3. The molecule has 6 heteroatoms. The van der Waals surface area contributed by atoms with Gasteiger partial charge in [-0.3, -0.25) is 14.9 Å². The SMILES string of the molecule is Cl.NC(=O)C1NCCNC1=O. The van der Waals surface area contributed by atoms with Crippen molar-refractivity contribution in [2.75, 3.05) is 13.1 Å². The number of halogens is 1. The van der Waals surface area contributed by atoms with Crippen molar-refractivity contribution in [1.29, 1.82) is 0 Å². The van der Waals surface area contributed by atoms with Crippen molar-refractivity contribution in [3.63, 3.8) is 0 Å². The summed E-state index contributed by atoms with van der Waals surface area (Å²) in [4.78, 5) is 21.2. The molecule has 1 aliphatic rings. The van der Waals surface area contributed by atoms with Crippen molar-refractivity contribution < 1.29 is 9.59 Å². The zero-order chi connectivity index (χ0) is 7.56. The van der Waals surface area contributed by atoms with Crippen LogP contribution in [0.25, 0.3) is 0 Å². The van der Waals surface area contributed by atoms with Gasteiger partial charge in [0.25, 0.3) is 0 Å². The molecule has 0 bridgehead atoms. The second-order valence-electron chi connectivity index (χ2n) is 2.08. The van der Waals surface area contributed by atoms with Crippen molar-refractivity contribution in [3.8, 4) is 0 Å². The first kappa shape index (κ1) is 10.2. The van der Waals surface area contributed by atoms with Crippen LogP contribution < -0.4 is 16.4 Å². The lowest BCUT2D eigenvalue weighted by Gasteiger charge is -2.20. The van der Waals surface area contributed by atoms with Crippen molar-refractivity contribution in [1.82, 2.24) is 10.6 Å². The summed E-state index contributed by atoms with van der Waals surface area (Å²) in [7, 11) is 0. The second kappa shape index (κ2) is 4.15. The van der Waals surface area contributed by atoms with Gasteiger partial charge < -0.3 is 11.1 Å². The van der Waals surface area contributed by atoms with Crippen LogP contribution in [0.3, 0.4) is 0 Å². The summed E-state index contributed by atoms with van der Waals surface area (Å²) in [5, 5.41) is 5.19. The molecule has 1 fully saturated rings. The van der Waals surface area contributed by atoms with Crippen molar-refractivity contribution in [2.24, 2.45) is 5.73 Å². The van der Waals surface area contributed by atoms with E-state index in [4.69, 9.17) is 5.73 Å². The molecule has 2 amide bonds. The minimum absolute atomic E-state index is 0. The Labute approximate surface area is 70.1 Å². The van der Waals surface area contributed by atoms with E-state index in [0.29, 0.717) is 13.1 Å². The van der Waals surface area contributed by atoms with Gasteiger partial charge in [-0.05, 0) is 0 Å². The van der Waals surface area contributed by atoms with E-state index >= 15 is 0 Å². The Kier molecular flexibility index (Phi) is 3.84. The Morgan fingerprint density at radius 3 is 2.55 bits per heavy atom. The maximum absolute atomic E-state index is 10.8. The molecule has 4 N–H and O–H groups in total. The molecule has 5 nitrogen and oxygen atoms in total. The summed E-state index contributed by atoms with van der Waals surface area (Å²) in [6, 6.07) is -0.839. The predicted molar refractivity (Wildman–Crippen MR) is 41.2 cm³/mol. The van der Waals surface area contributed by atoms with Crippen LogP contribution in [0.1, 0.15) is 0 Å². The molecule has 0 aromatic heterocycles. The van der Waals surface area contributed by atoms with Gasteiger partial charge in [-0.1, -0.05) is 0 Å². The largest absolute Gasteiger partial charge is 0.368 e. The quantitative estimate of drug-likeness (QED) is 0.407. The van der Waals surface area contributed by atoms with E-state index in [9.17, 15) is 9.59 Å². The van der Waals surface area contributed by atoms with Crippen LogP contribution in [-0.4, -0.2) is 30.9 Å². The summed E-state index contributed by atoms with van der Waals surface area (Å²) in [5.74, 6) is -0.962. The van der Waals surface area contributed by atoms with Crippen LogP contribution >= 0.6 is 12.4 Å². The number of nitrogens with two attached hydrogens (primary N) is 1. The van der Waals surface area contributed by atoms with E-state index in [1.807, 2.05) is 0 Å². The predicted octanol–water partition coefficient (Wildman–Crippen LogP) is -2.02. The molecule has 0 aliphatic carbocycles. The molecule has 0 spiro atoms. The zero-order valence-corrected chi connectivity index (χ0v) is 6.61. The Hall–Kier alpha value is -0.810. The van der Waals surface area contributed by atoms with Crippen molar-refractivity contribution >= 4 is 24.2 Å². The van der Waals surface area contributed by atoms with Gasteiger partial charge in [0.05, 0.1) is 0 Å². The Morgan fingerprint density at radius 1 is 1.55 bits per heavy atom. The minimum Gasteiger partial charge on any atom is -0.368 e. The van der Waals surface area contributed by atoms with Crippen LogP contribution in [0.5, 0.6) is 0 Å². The molecule has 0 aromatic rings. The number of piperazine rings is 1. The van der Waals surface area contributed by atoms with Crippen LogP contribution in [0.15, 0.2) is 0 Å². The number of primary amides is 1. The summed E-state index contributed by atoms with van der Waals surface area (Å²) in [5.41, 5.74) is 4.90. The van der Waals surface area contributed by atoms with E-state index in [1.165, 1.54) is 0 Å². The first-order valence-corrected chi connectivity index (χ1v) is 3.02. The molecule has 1 aliphatic heterocycles. The average Bonchev–Trinajstić information content (AvgIpc) is 1.88. The Balaban J connectivity index is 0.000001000. The van der Waals surface area contributed by atoms with Crippen LogP contribution in [-0.2, 0) is 9.59 Å². The minimum atomic E-state index is -0.839. The monoisotopic (exact) mass is 179 g/mol. The third-order valence-electron chi connectivity index (χ3n) is 1.32. The summed E-state index contributed by atoms with van der Waals surface area (Å²) >= 11 is 0. The number of rotatable bonds is 1. The molecule has 1 heterocycles. The molecule has 1 rings (SSSR count). The molecule has 1 atom stereocenters. The van der Waals surface area contributed by atoms with Gasteiger partial charge >= 0.3 is 0 Å². The van der Waals surface area contributed by atoms with Crippen LogP contribution in [0.2, 0.25) is 0 Å². The molecule has 64 valence electrons. The van der Waals surface area contributed by atoms with Crippen LogP contribution in [0, 0.1) is 0 Å². The maximum atomic E-state index is 10.8. The number of hydrogen-bond donors (Lipinski definition) is 3. The van der Waals surface area contributed by atoms with Gasteiger partial charge in [0.1, 0.15) is 0 Å². The highest BCUT2D eigenvalue weighted by molar-refractivity contribution is 6.04. The molecular formula is C5H10ClN3O2. The highest BCUT2D eigenvalue weighted by atomic mass is 35.5. The van der Waals surface area contributed by atoms with Crippen molar-refractivity contribution in [3.05, 3.63) is 0 Å². The third kappa shape index (κ3) is 2.36. The molecular weight excluding hydrogens is 170 g/mol. The third-order valence-corrected chi connectivity index (χ3v) is 1.32. The van der Waals surface area contributed by atoms with E-state index in [2.05, 4.69) is 10.6 Å². The van der Waals surface area contributed by atoms with Gasteiger partial charge in [0, 0.05) is 13.1 Å². The summed E-state index contributed by atoms with van der Waals surface area (Å²) in [6.07, 6.45) is 0. The fraction of sp³-hybridized carbons (Fsp3) is 0.600.